The maximum atomic E-state index is 9.29. The zero-order chi connectivity index (χ0) is 7.68. The third-order valence-corrected chi connectivity index (χ3v) is 1.94. The highest BCUT2D eigenvalue weighted by atomic mass is 16.5. The molecule has 0 bridgehead atoms. The Bertz CT molecular complexity index is 253. The molecule has 0 spiro atoms. The number of hydrogen-bond donors (Lipinski definition) is 1. The molecule has 0 radical (unpaired) electrons. The van der Waals surface area contributed by atoms with Crippen molar-refractivity contribution < 1.29 is 9.68 Å². The van der Waals surface area contributed by atoms with Gasteiger partial charge in [0, 0.05) is 0 Å². The molecule has 1 aliphatic carbocycles. The van der Waals surface area contributed by atoms with Gasteiger partial charge in [-0.3, -0.25) is 0 Å². The van der Waals surface area contributed by atoms with Crippen molar-refractivity contribution in [3.8, 4) is 0 Å². The van der Waals surface area contributed by atoms with E-state index in [0.717, 1.165) is 17.5 Å². The van der Waals surface area contributed by atoms with Crippen LogP contribution in [-0.2, 0) is 4.65 Å². The normalized spacial score (nSPS) is 22.5. The van der Waals surface area contributed by atoms with Gasteiger partial charge in [-0.25, -0.2) is 0 Å². The Labute approximate surface area is 66.0 Å². The first-order valence-electron chi connectivity index (χ1n) is 3.74. The molecule has 0 aromatic rings. The van der Waals surface area contributed by atoms with Gasteiger partial charge in [-0.15, -0.1) is 0 Å². The summed E-state index contributed by atoms with van der Waals surface area (Å²) in [6.07, 6.45) is 8.95. The summed E-state index contributed by atoms with van der Waals surface area (Å²) in [5, 5.41) is 9.29. The van der Waals surface area contributed by atoms with Crippen LogP contribution in [0, 0.1) is 0 Å². The fourth-order valence-electron chi connectivity index (χ4n) is 1.33. The van der Waals surface area contributed by atoms with Gasteiger partial charge in [0.2, 0.25) is 0 Å². The fourth-order valence-corrected chi connectivity index (χ4v) is 1.33. The van der Waals surface area contributed by atoms with Gasteiger partial charge in [0.05, 0.1) is 6.61 Å². The third-order valence-electron chi connectivity index (χ3n) is 1.94. The molecular weight excluding hydrogens is 139 g/mol. The molecule has 0 aromatic heterocycles. The van der Waals surface area contributed by atoms with Crippen molar-refractivity contribution >= 4 is 7.12 Å². The van der Waals surface area contributed by atoms with E-state index >= 15 is 0 Å². The molecule has 0 atom stereocenters. The van der Waals surface area contributed by atoms with E-state index in [1.807, 2.05) is 18.2 Å². The zero-order valence-corrected chi connectivity index (χ0v) is 6.16. The molecule has 1 heterocycles. The number of allylic oxidation sites excluding steroid dienone is 4. The Hall–Kier alpha value is -0.795. The standard InChI is InChI=1S/C8H9BO2/c10-9-8-5-3-1-2-4-7(8)6-11-9/h1-2,4-5,10H,3,6H2. The van der Waals surface area contributed by atoms with E-state index in [2.05, 4.69) is 6.08 Å². The molecule has 3 heteroatoms. The predicted octanol–water partition coefficient (Wildman–Crippen LogP) is 0.849. The molecule has 0 saturated carbocycles. The van der Waals surface area contributed by atoms with Gasteiger partial charge in [-0.1, -0.05) is 24.3 Å². The molecule has 1 fully saturated rings. The van der Waals surface area contributed by atoms with Crippen LogP contribution in [0.15, 0.2) is 35.3 Å². The van der Waals surface area contributed by atoms with Crippen molar-refractivity contribution in [3.05, 3.63) is 35.3 Å². The summed E-state index contributed by atoms with van der Waals surface area (Å²) < 4.78 is 5.04. The van der Waals surface area contributed by atoms with Crippen LogP contribution in [0.3, 0.4) is 0 Å². The topological polar surface area (TPSA) is 29.5 Å². The van der Waals surface area contributed by atoms with Crippen LogP contribution >= 0.6 is 0 Å². The van der Waals surface area contributed by atoms with E-state index in [-0.39, 0.29) is 0 Å². The molecule has 1 aliphatic heterocycles. The second-order valence-electron chi connectivity index (χ2n) is 2.68. The minimum absolute atomic E-state index is 0.539. The van der Waals surface area contributed by atoms with E-state index < -0.39 is 7.12 Å². The molecule has 2 nitrogen and oxygen atoms in total. The minimum Gasteiger partial charge on any atom is -0.423 e. The van der Waals surface area contributed by atoms with E-state index in [1.54, 1.807) is 0 Å². The Balaban J connectivity index is 2.35. The van der Waals surface area contributed by atoms with Gasteiger partial charge in [-0.2, -0.15) is 0 Å². The van der Waals surface area contributed by atoms with Crippen LogP contribution in [0.5, 0.6) is 0 Å². The third kappa shape index (κ3) is 1.17. The van der Waals surface area contributed by atoms with Gasteiger partial charge in [0.25, 0.3) is 0 Å². The minimum atomic E-state index is -0.693. The van der Waals surface area contributed by atoms with E-state index in [4.69, 9.17) is 4.65 Å². The van der Waals surface area contributed by atoms with Crippen LogP contribution < -0.4 is 0 Å². The first kappa shape index (κ1) is 6.89. The molecule has 0 unspecified atom stereocenters. The van der Waals surface area contributed by atoms with E-state index in [0.29, 0.717) is 6.61 Å². The highest BCUT2D eigenvalue weighted by molar-refractivity contribution is 6.55. The van der Waals surface area contributed by atoms with Crippen LogP contribution in [0.1, 0.15) is 6.42 Å². The highest BCUT2D eigenvalue weighted by Gasteiger charge is 2.29. The molecule has 1 N–H and O–H groups in total. The summed E-state index contributed by atoms with van der Waals surface area (Å²) in [5.41, 5.74) is 2.04. The first-order valence-corrected chi connectivity index (χ1v) is 3.74. The summed E-state index contributed by atoms with van der Waals surface area (Å²) in [6.45, 7) is 0.539. The molecule has 0 amide bonds. The molecule has 56 valence electrons. The van der Waals surface area contributed by atoms with E-state index in [1.165, 1.54) is 0 Å². The fraction of sp³-hybridized carbons (Fsp3) is 0.250. The average Bonchev–Trinajstić information content (AvgIpc) is 2.25. The summed E-state index contributed by atoms with van der Waals surface area (Å²) in [7, 11) is -0.693. The lowest BCUT2D eigenvalue weighted by Gasteiger charge is -1.95. The van der Waals surface area contributed by atoms with Crippen LogP contribution in [0.25, 0.3) is 0 Å². The summed E-state index contributed by atoms with van der Waals surface area (Å²) >= 11 is 0. The first-order chi connectivity index (χ1) is 5.38. The van der Waals surface area contributed by atoms with Gasteiger partial charge < -0.3 is 9.68 Å². The molecular formula is C8H9BO2. The molecule has 2 rings (SSSR count). The van der Waals surface area contributed by atoms with Gasteiger partial charge in [0.15, 0.2) is 0 Å². The number of hydrogen-bond acceptors (Lipinski definition) is 2. The lowest BCUT2D eigenvalue weighted by molar-refractivity contribution is 0.316. The SMILES string of the molecule is OB1OCC2=CC=CCC=C12. The Morgan fingerprint density at radius 2 is 2.45 bits per heavy atom. The monoisotopic (exact) mass is 148 g/mol. The van der Waals surface area contributed by atoms with Gasteiger partial charge in [-0.05, 0) is 17.5 Å². The Morgan fingerprint density at radius 1 is 1.55 bits per heavy atom. The number of fused-ring (bicyclic) bond motifs is 1. The average molecular weight is 148 g/mol. The van der Waals surface area contributed by atoms with Crippen molar-refractivity contribution in [2.45, 2.75) is 6.42 Å². The molecule has 0 aromatic carbocycles. The summed E-state index contributed by atoms with van der Waals surface area (Å²) in [5.74, 6) is 0. The van der Waals surface area contributed by atoms with Gasteiger partial charge >= 0.3 is 7.12 Å². The quantitative estimate of drug-likeness (QED) is 0.516. The van der Waals surface area contributed by atoms with Crippen molar-refractivity contribution in [3.63, 3.8) is 0 Å². The van der Waals surface area contributed by atoms with Crippen LogP contribution in [0.2, 0.25) is 0 Å². The molecule has 2 aliphatic rings. The Kier molecular flexibility index (Phi) is 1.68. The van der Waals surface area contributed by atoms with Crippen molar-refractivity contribution in [1.82, 2.24) is 0 Å². The maximum absolute atomic E-state index is 9.29. The second-order valence-corrected chi connectivity index (χ2v) is 2.68. The smallest absolute Gasteiger partial charge is 0.423 e. The summed E-state index contributed by atoms with van der Waals surface area (Å²) in [6, 6.07) is 0. The second kappa shape index (κ2) is 2.68. The maximum Gasteiger partial charge on any atom is 0.491 e. The van der Waals surface area contributed by atoms with Crippen molar-refractivity contribution in [2.75, 3.05) is 6.61 Å². The zero-order valence-electron chi connectivity index (χ0n) is 6.16. The van der Waals surface area contributed by atoms with Crippen LogP contribution in [-0.4, -0.2) is 18.7 Å². The van der Waals surface area contributed by atoms with Crippen molar-refractivity contribution in [1.29, 1.82) is 0 Å². The van der Waals surface area contributed by atoms with Gasteiger partial charge in [0.1, 0.15) is 0 Å². The lowest BCUT2D eigenvalue weighted by Crippen LogP contribution is -2.12. The van der Waals surface area contributed by atoms with Crippen LogP contribution in [0.4, 0.5) is 0 Å². The lowest BCUT2D eigenvalue weighted by atomic mass is 9.77. The predicted molar refractivity (Wildman–Crippen MR) is 43.8 cm³/mol. The number of rotatable bonds is 0. The van der Waals surface area contributed by atoms with Crippen molar-refractivity contribution in [2.24, 2.45) is 0 Å². The summed E-state index contributed by atoms with van der Waals surface area (Å²) in [4.78, 5) is 0. The molecule has 11 heavy (non-hydrogen) atoms. The highest BCUT2D eigenvalue weighted by Crippen LogP contribution is 2.23. The Morgan fingerprint density at radius 3 is 3.36 bits per heavy atom. The molecule has 1 saturated heterocycles. The van der Waals surface area contributed by atoms with E-state index in [9.17, 15) is 5.02 Å². The largest absolute Gasteiger partial charge is 0.491 e.